The van der Waals surface area contributed by atoms with Gasteiger partial charge in [0.05, 0.1) is 0 Å². The van der Waals surface area contributed by atoms with Gasteiger partial charge in [-0.15, -0.1) is 0 Å². The molecule has 10 rings (SSSR count). The van der Waals surface area contributed by atoms with Crippen molar-refractivity contribution in [3.8, 4) is 33.4 Å². The second-order valence-corrected chi connectivity index (χ2v) is 17.3. The van der Waals surface area contributed by atoms with Gasteiger partial charge in [0.1, 0.15) is 0 Å². The maximum absolute atomic E-state index is 2.46. The summed E-state index contributed by atoms with van der Waals surface area (Å²) in [6, 6.07) is 69.7. The van der Waals surface area contributed by atoms with Crippen LogP contribution in [0.15, 0.2) is 188 Å². The molecule has 276 valence electrons. The van der Waals surface area contributed by atoms with E-state index in [2.05, 4.69) is 221 Å². The van der Waals surface area contributed by atoms with Crippen LogP contribution in [0.5, 0.6) is 0 Å². The van der Waals surface area contributed by atoms with E-state index in [-0.39, 0.29) is 10.8 Å². The molecular formula is C56H47N. The lowest BCUT2D eigenvalue weighted by Crippen LogP contribution is -2.33. The van der Waals surface area contributed by atoms with E-state index in [1.54, 1.807) is 0 Å². The van der Waals surface area contributed by atoms with Crippen LogP contribution < -0.4 is 4.90 Å². The predicted molar refractivity (Wildman–Crippen MR) is 245 cm³/mol. The minimum atomic E-state index is 0.165. The molecule has 1 aliphatic carbocycles. The van der Waals surface area contributed by atoms with Crippen LogP contribution in [0.25, 0.3) is 65.7 Å². The maximum atomic E-state index is 2.46. The lowest BCUT2D eigenvalue weighted by molar-refractivity contribution is 0.332. The van der Waals surface area contributed by atoms with Gasteiger partial charge in [-0.25, -0.2) is 0 Å². The van der Waals surface area contributed by atoms with Gasteiger partial charge in [0.2, 0.25) is 0 Å². The van der Waals surface area contributed by atoms with Crippen LogP contribution in [0.3, 0.4) is 0 Å². The Morgan fingerprint density at radius 3 is 1.58 bits per heavy atom. The van der Waals surface area contributed by atoms with Crippen molar-refractivity contribution in [2.24, 2.45) is 0 Å². The molecular weight excluding hydrogens is 687 g/mol. The molecule has 0 aromatic heterocycles. The summed E-state index contributed by atoms with van der Waals surface area (Å²) in [7, 11) is 0. The lowest BCUT2D eigenvalue weighted by Gasteiger charge is -2.42. The van der Waals surface area contributed by atoms with Gasteiger partial charge >= 0.3 is 0 Å². The maximum Gasteiger partial charge on any atom is 0.0467 e. The topological polar surface area (TPSA) is 3.24 Å². The standard InChI is InChI=1S/C56H47N/c1-55(2)32-33-56(3,4)54-37-43(26-31-53(54)55)40-24-29-47(30-25-40)57(46-27-22-39(23-28-46)42-21-20-38-12-5-6-13-41(38)34-42)48-16-11-15-44(35-48)52-36-45-14-7-8-17-49(45)50-18-9-10-19-51(50)52/h5-31,34-37H,32-33H2,1-4H3. The minimum absolute atomic E-state index is 0.165. The molecule has 0 amide bonds. The smallest absolute Gasteiger partial charge is 0.0467 e. The van der Waals surface area contributed by atoms with E-state index < -0.39 is 0 Å². The van der Waals surface area contributed by atoms with Crippen molar-refractivity contribution in [2.75, 3.05) is 4.90 Å². The van der Waals surface area contributed by atoms with Crippen LogP contribution in [-0.2, 0) is 10.8 Å². The van der Waals surface area contributed by atoms with Crippen LogP contribution in [0.2, 0.25) is 0 Å². The van der Waals surface area contributed by atoms with Crippen molar-refractivity contribution >= 4 is 49.4 Å². The first kappa shape index (κ1) is 35.0. The quantitative estimate of drug-likeness (QED) is 0.154. The van der Waals surface area contributed by atoms with Crippen LogP contribution in [-0.4, -0.2) is 0 Å². The van der Waals surface area contributed by atoms with Crippen LogP contribution in [0.4, 0.5) is 17.1 Å². The van der Waals surface area contributed by atoms with Gasteiger partial charge in [-0.05, 0) is 149 Å². The fourth-order valence-electron chi connectivity index (χ4n) is 9.30. The highest BCUT2D eigenvalue weighted by molar-refractivity contribution is 6.14. The molecule has 1 aliphatic rings. The predicted octanol–water partition coefficient (Wildman–Crippen LogP) is 16.0. The second kappa shape index (κ2) is 13.6. The van der Waals surface area contributed by atoms with Gasteiger partial charge in [0.25, 0.3) is 0 Å². The van der Waals surface area contributed by atoms with Gasteiger partial charge in [0, 0.05) is 17.1 Å². The summed E-state index contributed by atoms with van der Waals surface area (Å²) >= 11 is 0. The number of benzene rings is 9. The molecule has 0 atom stereocenters. The first-order valence-corrected chi connectivity index (χ1v) is 20.4. The molecule has 0 fully saturated rings. The molecule has 0 spiro atoms. The Morgan fingerprint density at radius 1 is 0.333 bits per heavy atom. The first-order valence-electron chi connectivity index (χ1n) is 20.4. The Balaban J connectivity index is 1.08. The number of fused-ring (bicyclic) bond motifs is 5. The highest BCUT2D eigenvalue weighted by Gasteiger charge is 2.37. The highest BCUT2D eigenvalue weighted by atomic mass is 15.1. The fourth-order valence-corrected chi connectivity index (χ4v) is 9.30. The van der Waals surface area contributed by atoms with E-state index in [9.17, 15) is 0 Å². The van der Waals surface area contributed by atoms with Gasteiger partial charge in [-0.1, -0.05) is 167 Å². The van der Waals surface area contributed by atoms with E-state index in [1.165, 1.54) is 89.7 Å². The molecule has 0 heterocycles. The second-order valence-electron chi connectivity index (χ2n) is 17.3. The van der Waals surface area contributed by atoms with Crippen LogP contribution in [0.1, 0.15) is 51.7 Å². The number of hydrogen-bond donors (Lipinski definition) is 0. The third-order valence-electron chi connectivity index (χ3n) is 12.7. The molecule has 0 bridgehead atoms. The van der Waals surface area contributed by atoms with Gasteiger partial charge < -0.3 is 4.90 Å². The van der Waals surface area contributed by atoms with Crippen molar-refractivity contribution in [2.45, 2.75) is 51.4 Å². The van der Waals surface area contributed by atoms with Crippen LogP contribution >= 0.6 is 0 Å². The van der Waals surface area contributed by atoms with Crippen molar-refractivity contribution in [3.05, 3.63) is 199 Å². The number of anilines is 3. The Hall–Kier alpha value is -6.44. The molecule has 0 aliphatic heterocycles. The SMILES string of the molecule is CC1(C)CCC(C)(C)c2cc(-c3ccc(N(c4ccc(-c5ccc6ccccc6c5)cc4)c4cccc(-c5cc6ccccc6c6ccccc56)c4)cc3)ccc21. The van der Waals surface area contributed by atoms with E-state index in [0.717, 1.165) is 17.1 Å². The molecule has 57 heavy (non-hydrogen) atoms. The first-order chi connectivity index (χ1) is 27.7. The molecule has 9 aromatic carbocycles. The monoisotopic (exact) mass is 733 g/mol. The zero-order valence-electron chi connectivity index (χ0n) is 33.3. The molecule has 0 saturated carbocycles. The summed E-state index contributed by atoms with van der Waals surface area (Å²) < 4.78 is 0. The summed E-state index contributed by atoms with van der Waals surface area (Å²) in [6.07, 6.45) is 2.43. The minimum Gasteiger partial charge on any atom is -0.310 e. The molecule has 0 radical (unpaired) electrons. The third kappa shape index (κ3) is 6.28. The number of nitrogens with zero attached hydrogens (tertiary/aromatic N) is 1. The Morgan fingerprint density at radius 2 is 0.877 bits per heavy atom. The molecule has 0 unspecified atom stereocenters. The van der Waals surface area contributed by atoms with Crippen LogP contribution in [0, 0.1) is 0 Å². The zero-order valence-corrected chi connectivity index (χ0v) is 33.3. The van der Waals surface area contributed by atoms with Crippen molar-refractivity contribution in [1.82, 2.24) is 0 Å². The largest absolute Gasteiger partial charge is 0.310 e. The lowest BCUT2D eigenvalue weighted by atomic mass is 9.63. The van der Waals surface area contributed by atoms with Crippen molar-refractivity contribution in [3.63, 3.8) is 0 Å². The summed E-state index contributed by atoms with van der Waals surface area (Å²) in [5, 5.41) is 7.59. The number of rotatable bonds is 6. The zero-order chi connectivity index (χ0) is 38.7. The molecule has 1 heteroatoms. The highest BCUT2D eigenvalue weighted by Crippen LogP contribution is 2.47. The van der Waals surface area contributed by atoms with E-state index in [1.807, 2.05) is 0 Å². The summed E-state index contributed by atoms with van der Waals surface area (Å²) in [5.74, 6) is 0. The Bertz CT molecular complexity index is 2950. The third-order valence-corrected chi connectivity index (χ3v) is 12.7. The van der Waals surface area contributed by atoms with Crippen molar-refractivity contribution < 1.29 is 0 Å². The fraction of sp³-hybridized carbons (Fsp3) is 0.143. The molecule has 0 saturated heterocycles. The van der Waals surface area contributed by atoms with Gasteiger partial charge in [-0.3, -0.25) is 0 Å². The average molecular weight is 734 g/mol. The summed E-state index contributed by atoms with van der Waals surface area (Å²) in [6.45, 7) is 9.61. The van der Waals surface area contributed by atoms with E-state index in [0.29, 0.717) is 0 Å². The molecule has 9 aromatic rings. The summed E-state index contributed by atoms with van der Waals surface area (Å²) in [5.41, 5.74) is 14.1. The molecule has 1 nitrogen and oxygen atoms in total. The summed E-state index contributed by atoms with van der Waals surface area (Å²) in [4.78, 5) is 2.40. The Kier molecular flexibility index (Phi) is 8.38. The van der Waals surface area contributed by atoms with Gasteiger partial charge in [0.15, 0.2) is 0 Å². The van der Waals surface area contributed by atoms with Crippen molar-refractivity contribution in [1.29, 1.82) is 0 Å². The van der Waals surface area contributed by atoms with E-state index in [4.69, 9.17) is 0 Å². The van der Waals surface area contributed by atoms with Gasteiger partial charge in [-0.2, -0.15) is 0 Å². The Labute approximate surface area is 336 Å². The van der Waals surface area contributed by atoms with E-state index >= 15 is 0 Å². The normalized spacial score (nSPS) is 14.5. The number of hydrogen-bond acceptors (Lipinski definition) is 1. The average Bonchev–Trinajstić information content (AvgIpc) is 3.25. The molecule has 0 N–H and O–H groups in total.